The van der Waals surface area contributed by atoms with Crippen molar-refractivity contribution in [1.29, 1.82) is 0 Å². The molecule has 4 rings (SSSR count). The smallest absolute Gasteiger partial charge is 0.224 e. The predicted octanol–water partition coefficient (Wildman–Crippen LogP) is 2.64. The predicted molar refractivity (Wildman–Crippen MR) is 110 cm³/mol. The van der Waals surface area contributed by atoms with Gasteiger partial charge in [0.25, 0.3) is 0 Å². The molecule has 1 aliphatic carbocycles. The molecule has 0 radical (unpaired) electrons. The number of amides is 2. The van der Waals surface area contributed by atoms with E-state index in [9.17, 15) is 9.59 Å². The number of ether oxygens (including phenoxy) is 1. The molecule has 0 spiro atoms. The van der Waals surface area contributed by atoms with E-state index in [0.29, 0.717) is 19.4 Å². The van der Waals surface area contributed by atoms with Gasteiger partial charge in [-0.25, -0.2) is 0 Å². The van der Waals surface area contributed by atoms with Crippen LogP contribution in [0.4, 0.5) is 0 Å². The van der Waals surface area contributed by atoms with Crippen molar-refractivity contribution in [1.82, 2.24) is 4.98 Å². The number of nitrogens with zero attached hydrogens (tertiary/aromatic N) is 1. The highest BCUT2D eigenvalue weighted by Gasteiger charge is 2.61. The topological polar surface area (TPSA) is 108 Å². The average molecular weight is 389 g/mol. The molecule has 6 heteroatoms. The van der Waals surface area contributed by atoms with Crippen molar-refractivity contribution in [2.75, 3.05) is 0 Å². The monoisotopic (exact) mass is 389 g/mol. The number of benzene rings is 2. The van der Waals surface area contributed by atoms with Crippen LogP contribution in [0.1, 0.15) is 23.2 Å². The first-order chi connectivity index (χ1) is 13.9. The van der Waals surface area contributed by atoms with Gasteiger partial charge in [0.1, 0.15) is 12.4 Å². The molecule has 4 N–H and O–H groups in total. The van der Waals surface area contributed by atoms with E-state index in [0.717, 1.165) is 33.5 Å². The SMILES string of the molecule is Cc1cc(COc2ccc(CC3(C(N)=O)CC3C(N)=O)cc2)c2ccccc2n1. The van der Waals surface area contributed by atoms with E-state index in [1.165, 1.54) is 0 Å². The molecular formula is C23H23N3O3. The Kier molecular flexibility index (Phi) is 4.70. The van der Waals surface area contributed by atoms with Gasteiger partial charge in [-0.15, -0.1) is 0 Å². The van der Waals surface area contributed by atoms with E-state index in [-0.39, 0.29) is 0 Å². The molecule has 0 bridgehead atoms. The Morgan fingerprint density at radius 2 is 1.86 bits per heavy atom. The molecule has 6 nitrogen and oxygen atoms in total. The highest BCUT2D eigenvalue weighted by molar-refractivity contribution is 5.94. The van der Waals surface area contributed by atoms with Crippen molar-refractivity contribution in [3.8, 4) is 5.75 Å². The zero-order valence-electron chi connectivity index (χ0n) is 16.2. The number of primary amides is 2. The van der Waals surface area contributed by atoms with Crippen molar-refractivity contribution in [3.63, 3.8) is 0 Å². The van der Waals surface area contributed by atoms with E-state index in [2.05, 4.69) is 4.98 Å². The lowest BCUT2D eigenvalue weighted by molar-refractivity contribution is -0.127. The molecule has 3 aromatic rings. The fourth-order valence-corrected chi connectivity index (χ4v) is 3.98. The van der Waals surface area contributed by atoms with Gasteiger partial charge in [0.05, 0.1) is 16.8 Å². The van der Waals surface area contributed by atoms with Crippen molar-refractivity contribution < 1.29 is 14.3 Å². The second-order valence-corrected chi connectivity index (χ2v) is 7.73. The van der Waals surface area contributed by atoms with Gasteiger partial charge in [-0.2, -0.15) is 0 Å². The number of rotatable bonds is 7. The number of para-hydroxylation sites is 1. The number of aryl methyl sites for hydroxylation is 1. The van der Waals surface area contributed by atoms with Crippen LogP contribution in [0.25, 0.3) is 10.9 Å². The molecule has 1 aromatic heterocycles. The molecule has 0 aliphatic heterocycles. The van der Waals surface area contributed by atoms with E-state index in [1.54, 1.807) is 0 Å². The molecule has 1 saturated carbocycles. The summed E-state index contributed by atoms with van der Waals surface area (Å²) < 4.78 is 5.97. The minimum Gasteiger partial charge on any atom is -0.489 e. The van der Waals surface area contributed by atoms with Gasteiger partial charge >= 0.3 is 0 Å². The molecule has 2 atom stereocenters. The second kappa shape index (κ2) is 7.20. The Morgan fingerprint density at radius 1 is 1.14 bits per heavy atom. The number of hydrogen-bond donors (Lipinski definition) is 2. The molecule has 2 amide bonds. The Balaban J connectivity index is 1.46. The molecule has 1 aliphatic rings. The number of carbonyl (C=O) groups is 2. The third-order valence-corrected chi connectivity index (χ3v) is 5.68. The Hall–Kier alpha value is -3.41. The first kappa shape index (κ1) is 18.9. The summed E-state index contributed by atoms with van der Waals surface area (Å²) in [6, 6.07) is 17.5. The minimum absolute atomic E-state index is 0.407. The Labute approximate surface area is 168 Å². The molecule has 2 unspecified atom stereocenters. The summed E-state index contributed by atoms with van der Waals surface area (Å²) in [5.41, 5.74) is 13.9. The molecule has 1 fully saturated rings. The van der Waals surface area contributed by atoms with Crippen LogP contribution in [-0.2, 0) is 22.6 Å². The van der Waals surface area contributed by atoms with Crippen molar-refractivity contribution >= 4 is 22.7 Å². The lowest BCUT2D eigenvalue weighted by atomic mass is 9.93. The summed E-state index contributed by atoms with van der Waals surface area (Å²) in [6.07, 6.45) is 0.828. The van der Waals surface area contributed by atoms with Crippen LogP contribution in [0, 0.1) is 18.3 Å². The van der Waals surface area contributed by atoms with Crippen LogP contribution >= 0.6 is 0 Å². The van der Waals surface area contributed by atoms with Crippen LogP contribution in [0.3, 0.4) is 0 Å². The van der Waals surface area contributed by atoms with Crippen LogP contribution < -0.4 is 16.2 Å². The number of aromatic nitrogens is 1. The maximum absolute atomic E-state index is 11.8. The van der Waals surface area contributed by atoms with Crippen LogP contribution in [0.5, 0.6) is 5.75 Å². The maximum Gasteiger partial charge on any atom is 0.224 e. The normalized spacial score (nSPS) is 20.4. The maximum atomic E-state index is 11.8. The minimum atomic E-state index is -0.846. The van der Waals surface area contributed by atoms with Gasteiger partial charge in [-0.05, 0) is 49.6 Å². The zero-order valence-corrected chi connectivity index (χ0v) is 16.2. The van der Waals surface area contributed by atoms with E-state index < -0.39 is 23.1 Å². The molecular weight excluding hydrogens is 366 g/mol. The summed E-state index contributed by atoms with van der Waals surface area (Å²) in [7, 11) is 0. The molecule has 29 heavy (non-hydrogen) atoms. The zero-order chi connectivity index (χ0) is 20.6. The first-order valence-corrected chi connectivity index (χ1v) is 9.55. The van der Waals surface area contributed by atoms with E-state index in [4.69, 9.17) is 16.2 Å². The second-order valence-electron chi connectivity index (χ2n) is 7.73. The summed E-state index contributed by atoms with van der Waals surface area (Å²) in [5.74, 6) is -0.688. The van der Waals surface area contributed by atoms with Crippen LogP contribution in [0.2, 0.25) is 0 Å². The lowest BCUT2D eigenvalue weighted by Gasteiger charge is -2.14. The number of carbonyl (C=O) groups excluding carboxylic acids is 2. The first-order valence-electron chi connectivity index (χ1n) is 9.55. The van der Waals surface area contributed by atoms with Gasteiger partial charge in [-0.1, -0.05) is 30.3 Å². The van der Waals surface area contributed by atoms with Crippen molar-refractivity contribution in [3.05, 3.63) is 71.4 Å². The molecule has 0 saturated heterocycles. The average Bonchev–Trinajstić information content (AvgIpc) is 3.43. The highest BCUT2D eigenvalue weighted by atomic mass is 16.5. The number of fused-ring (bicyclic) bond motifs is 1. The van der Waals surface area contributed by atoms with Gasteiger partial charge in [0, 0.05) is 16.6 Å². The standard InChI is InChI=1S/C23H23N3O3/c1-14-10-16(18-4-2-3-5-20(18)26-14)13-29-17-8-6-15(7-9-17)11-23(22(25)28)12-19(23)21(24)27/h2-10,19H,11-13H2,1H3,(H2,24,27)(H2,25,28). The third-order valence-electron chi connectivity index (χ3n) is 5.68. The Bertz CT molecular complexity index is 1090. The van der Waals surface area contributed by atoms with Gasteiger partial charge in [-0.3, -0.25) is 14.6 Å². The van der Waals surface area contributed by atoms with Crippen molar-refractivity contribution in [2.45, 2.75) is 26.4 Å². The summed E-state index contributed by atoms with van der Waals surface area (Å²) in [5, 5.41) is 1.07. The molecule has 2 aromatic carbocycles. The molecule has 148 valence electrons. The fraction of sp³-hybridized carbons (Fsp3) is 0.261. The van der Waals surface area contributed by atoms with E-state index >= 15 is 0 Å². The quantitative estimate of drug-likeness (QED) is 0.647. The van der Waals surface area contributed by atoms with Gasteiger partial charge in [0.2, 0.25) is 11.8 Å². The lowest BCUT2D eigenvalue weighted by Crippen LogP contribution is -2.32. The van der Waals surface area contributed by atoms with E-state index in [1.807, 2.05) is 61.5 Å². The third kappa shape index (κ3) is 3.66. The number of hydrogen-bond acceptors (Lipinski definition) is 4. The van der Waals surface area contributed by atoms with Crippen LogP contribution in [-0.4, -0.2) is 16.8 Å². The highest BCUT2D eigenvalue weighted by Crippen LogP contribution is 2.54. The Morgan fingerprint density at radius 3 is 2.52 bits per heavy atom. The summed E-state index contributed by atoms with van der Waals surface area (Å²) in [4.78, 5) is 27.9. The number of pyridine rings is 1. The fourth-order valence-electron chi connectivity index (χ4n) is 3.98. The van der Waals surface area contributed by atoms with Gasteiger partial charge in [0.15, 0.2) is 0 Å². The van der Waals surface area contributed by atoms with Gasteiger partial charge < -0.3 is 16.2 Å². The number of nitrogens with two attached hydrogens (primary N) is 2. The molecule has 1 heterocycles. The van der Waals surface area contributed by atoms with Crippen LogP contribution in [0.15, 0.2) is 54.6 Å². The largest absolute Gasteiger partial charge is 0.489 e. The summed E-state index contributed by atoms with van der Waals surface area (Å²) in [6.45, 7) is 2.40. The summed E-state index contributed by atoms with van der Waals surface area (Å²) >= 11 is 0. The van der Waals surface area contributed by atoms with Crippen molar-refractivity contribution in [2.24, 2.45) is 22.8 Å².